The Morgan fingerprint density at radius 3 is 2.69 bits per heavy atom. The molecular formula is C27H26N2O3. The lowest BCUT2D eigenvalue weighted by Crippen LogP contribution is -2.40. The topological polar surface area (TPSA) is 54.6 Å². The number of hydrogen-bond donors (Lipinski definition) is 1. The molecule has 1 amide bonds. The second-order valence-electron chi connectivity index (χ2n) is 7.95. The first-order chi connectivity index (χ1) is 15.7. The minimum Gasteiger partial charge on any atom is -0.497 e. The zero-order valence-electron chi connectivity index (χ0n) is 18.3. The van der Waals surface area contributed by atoms with Crippen LogP contribution in [0.15, 0.2) is 72.8 Å². The Morgan fingerprint density at radius 2 is 1.84 bits per heavy atom. The van der Waals surface area contributed by atoms with E-state index in [1.54, 1.807) is 13.2 Å². The molecular weight excluding hydrogens is 400 g/mol. The average Bonchev–Trinajstić information content (AvgIpc) is 3.22. The zero-order chi connectivity index (χ0) is 22.1. The third-order valence-electron chi connectivity index (χ3n) is 6.10. The van der Waals surface area contributed by atoms with E-state index in [0.717, 1.165) is 28.9 Å². The van der Waals surface area contributed by atoms with Crippen LogP contribution >= 0.6 is 0 Å². The molecule has 5 rings (SSSR count). The summed E-state index contributed by atoms with van der Waals surface area (Å²) in [6, 6.07) is 23.5. The number of fused-ring (bicyclic) bond motifs is 3. The van der Waals surface area contributed by atoms with Gasteiger partial charge in [-0.15, -0.1) is 0 Å². The molecule has 0 saturated carbocycles. The van der Waals surface area contributed by atoms with Crippen molar-refractivity contribution in [2.75, 3.05) is 20.3 Å². The summed E-state index contributed by atoms with van der Waals surface area (Å²) < 4.78 is 11.1. The highest BCUT2D eigenvalue weighted by molar-refractivity contribution is 5.96. The lowest BCUT2D eigenvalue weighted by molar-refractivity contribution is 0.0691. The molecule has 1 unspecified atom stereocenters. The Labute approximate surface area is 187 Å². The van der Waals surface area contributed by atoms with E-state index < -0.39 is 0 Å². The first kappa shape index (κ1) is 20.2. The summed E-state index contributed by atoms with van der Waals surface area (Å²) >= 11 is 0. The lowest BCUT2D eigenvalue weighted by Gasteiger charge is -2.36. The quantitative estimate of drug-likeness (QED) is 0.467. The van der Waals surface area contributed by atoms with E-state index in [1.165, 1.54) is 10.9 Å². The number of carbonyl (C=O) groups excluding carboxylic acids is 1. The summed E-state index contributed by atoms with van der Waals surface area (Å²) in [6.45, 7) is 3.20. The van der Waals surface area contributed by atoms with Crippen LogP contribution in [0.3, 0.4) is 0 Å². The molecule has 32 heavy (non-hydrogen) atoms. The molecule has 1 N–H and O–H groups in total. The van der Waals surface area contributed by atoms with Crippen molar-refractivity contribution in [1.29, 1.82) is 0 Å². The van der Waals surface area contributed by atoms with Crippen molar-refractivity contribution >= 4 is 16.8 Å². The fourth-order valence-electron chi connectivity index (χ4n) is 4.67. The van der Waals surface area contributed by atoms with E-state index >= 15 is 0 Å². The number of ether oxygens (including phenoxy) is 2. The van der Waals surface area contributed by atoms with E-state index in [0.29, 0.717) is 24.5 Å². The molecule has 1 aliphatic rings. The number of methoxy groups -OCH3 is 1. The summed E-state index contributed by atoms with van der Waals surface area (Å²) in [7, 11) is 1.61. The molecule has 2 heterocycles. The lowest BCUT2D eigenvalue weighted by atomic mass is 9.91. The fraction of sp³-hybridized carbons (Fsp3) is 0.222. The normalized spacial score (nSPS) is 15.4. The number of amides is 1. The van der Waals surface area contributed by atoms with Gasteiger partial charge in [-0.2, -0.15) is 0 Å². The van der Waals surface area contributed by atoms with Crippen LogP contribution < -0.4 is 9.47 Å². The third-order valence-corrected chi connectivity index (χ3v) is 6.10. The monoisotopic (exact) mass is 426 g/mol. The van der Waals surface area contributed by atoms with Crippen LogP contribution in [0.5, 0.6) is 11.5 Å². The molecule has 162 valence electrons. The minimum atomic E-state index is -0.231. The van der Waals surface area contributed by atoms with Gasteiger partial charge in [0.25, 0.3) is 5.91 Å². The van der Waals surface area contributed by atoms with Crippen molar-refractivity contribution in [3.05, 3.63) is 95.2 Å². The molecule has 1 aromatic heterocycles. The van der Waals surface area contributed by atoms with Gasteiger partial charge >= 0.3 is 0 Å². The second-order valence-corrected chi connectivity index (χ2v) is 7.95. The molecule has 3 aromatic carbocycles. The molecule has 0 saturated heterocycles. The van der Waals surface area contributed by atoms with Crippen molar-refractivity contribution in [2.45, 2.75) is 19.4 Å². The summed E-state index contributed by atoms with van der Waals surface area (Å²) in [4.78, 5) is 19.3. The van der Waals surface area contributed by atoms with Crippen LogP contribution in [-0.4, -0.2) is 36.1 Å². The predicted molar refractivity (Wildman–Crippen MR) is 125 cm³/mol. The summed E-state index contributed by atoms with van der Waals surface area (Å²) in [5, 5.41) is 1.22. The SMILES string of the molecule is CCOc1cccc(C2c3[nH]c4ccccc4c3CCN2C(=O)c2cccc(OC)c2)c1. The number of nitrogens with one attached hydrogen (secondary N) is 1. The molecule has 0 aliphatic carbocycles. The molecule has 0 bridgehead atoms. The van der Waals surface area contributed by atoms with Crippen LogP contribution in [0.2, 0.25) is 0 Å². The molecule has 5 heteroatoms. The minimum absolute atomic E-state index is 0.0139. The number of rotatable bonds is 5. The first-order valence-electron chi connectivity index (χ1n) is 11.0. The van der Waals surface area contributed by atoms with Crippen LogP contribution in [-0.2, 0) is 6.42 Å². The molecule has 0 fully saturated rings. The van der Waals surface area contributed by atoms with Crippen LogP contribution in [0.1, 0.15) is 40.1 Å². The zero-order valence-corrected chi connectivity index (χ0v) is 18.3. The Hall–Kier alpha value is -3.73. The molecule has 1 aliphatic heterocycles. The van der Waals surface area contributed by atoms with E-state index in [1.807, 2.05) is 54.3 Å². The second kappa shape index (κ2) is 8.42. The standard InChI is InChI=1S/C27H26N2O3/c1-3-32-21-11-6-8-18(16-21)26-25-23(22-12-4-5-13-24(22)28-25)14-15-29(26)27(30)19-9-7-10-20(17-19)31-2/h4-13,16-17,26,28H,3,14-15H2,1-2H3. The highest BCUT2D eigenvalue weighted by Gasteiger charge is 2.35. The number of para-hydroxylation sites is 1. The van der Waals surface area contributed by atoms with Gasteiger partial charge in [0.1, 0.15) is 11.5 Å². The molecule has 1 atom stereocenters. The number of aromatic nitrogens is 1. The number of benzene rings is 3. The molecule has 0 radical (unpaired) electrons. The van der Waals surface area contributed by atoms with Gasteiger partial charge in [-0.1, -0.05) is 36.4 Å². The Bertz CT molecular complexity index is 1280. The van der Waals surface area contributed by atoms with Gasteiger partial charge in [0, 0.05) is 28.7 Å². The first-order valence-corrected chi connectivity index (χ1v) is 11.0. The molecule has 0 spiro atoms. The fourth-order valence-corrected chi connectivity index (χ4v) is 4.67. The summed E-state index contributed by atoms with van der Waals surface area (Å²) in [6.07, 6.45) is 0.802. The van der Waals surface area contributed by atoms with Gasteiger partial charge in [0.15, 0.2) is 0 Å². The van der Waals surface area contributed by atoms with Gasteiger partial charge in [0.05, 0.1) is 19.8 Å². The molecule has 5 nitrogen and oxygen atoms in total. The number of H-pyrrole nitrogens is 1. The van der Waals surface area contributed by atoms with E-state index in [-0.39, 0.29) is 11.9 Å². The highest BCUT2D eigenvalue weighted by Crippen LogP contribution is 2.40. The van der Waals surface area contributed by atoms with E-state index in [4.69, 9.17) is 9.47 Å². The van der Waals surface area contributed by atoms with Crippen molar-refractivity contribution in [2.24, 2.45) is 0 Å². The van der Waals surface area contributed by atoms with Crippen molar-refractivity contribution < 1.29 is 14.3 Å². The number of hydrogen-bond acceptors (Lipinski definition) is 3. The van der Waals surface area contributed by atoms with Gasteiger partial charge in [0.2, 0.25) is 0 Å². The van der Waals surface area contributed by atoms with E-state index in [9.17, 15) is 4.79 Å². The van der Waals surface area contributed by atoms with Crippen molar-refractivity contribution in [3.63, 3.8) is 0 Å². The summed E-state index contributed by atoms with van der Waals surface area (Å²) in [5.41, 5.74) is 5.10. The van der Waals surface area contributed by atoms with E-state index in [2.05, 4.69) is 29.2 Å². The van der Waals surface area contributed by atoms with Gasteiger partial charge in [-0.25, -0.2) is 0 Å². The van der Waals surface area contributed by atoms with Crippen molar-refractivity contribution in [3.8, 4) is 11.5 Å². The number of nitrogens with zero attached hydrogens (tertiary/aromatic N) is 1. The maximum atomic E-state index is 13.7. The number of aromatic amines is 1. The van der Waals surface area contributed by atoms with Crippen LogP contribution in [0.4, 0.5) is 0 Å². The van der Waals surface area contributed by atoms with Gasteiger partial charge in [-0.3, -0.25) is 4.79 Å². The van der Waals surface area contributed by atoms with Crippen LogP contribution in [0.25, 0.3) is 10.9 Å². The van der Waals surface area contributed by atoms with Crippen molar-refractivity contribution in [1.82, 2.24) is 9.88 Å². The smallest absolute Gasteiger partial charge is 0.254 e. The maximum absolute atomic E-state index is 13.7. The van der Waals surface area contributed by atoms with Gasteiger partial charge < -0.3 is 19.4 Å². The molecule has 4 aromatic rings. The highest BCUT2D eigenvalue weighted by atomic mass is 16.5. The largest absolute Gasteiger partial charge is 0.497 e. The number of carbonyl (C=O) groups is 1. The Morgan fingerprint density at radius 1 is 1.03 bits per heavy atom. The van der Waals surface area contributed by atoms with Crippen LogP contribution in [0, 0.1) is 0 Å². The predicted octanol–water partition coefficient (Wildman–Crippen LogP) is 5.36. The van der Waals surface area contributed by atoms with Gasteiger partial charge in [-0.05, 0) is 60.9 Å². The average molecular weight is 427 g/mol. The Kier molecular flexibility index (Phi) is 5.31. The summed E-state index contributed by atoms with van der Waals surface area (Å²) in [5.74, 6) is 1.47. The maximum Gasteiger partial charge on any atom is 0.254 e. The Balaban J connectivity index is 1.64. The third kappa shape index (κ3) is 3.50.